The second-order valence-electron chi connectivity index (χ2n) is 5.82. The monoisotopic (exact) mass is 353 g/mol. The summed E-state index contributed by atoms with van der Waals surface area (Å²) in [5, 5.41) is 4.11. The van der Waals surface area contributed by atoms with E-state index in [1.807, 2.05) is 97.1 Å². The SMILES string of the molecule is C=C(C=Cc1ccccc1)C(=O)ON=C(c1ccccc1)c1ccccc1. The third kappa shape index (κ3) is 5.13. The Hall–Kier alpha value is -3.72. The summed E-state index contributed by atoms with van der Waals surface area (Å²) in [7, 11) is 0. The summed E-state index contributed by atoms with van der Waals surface area (Å²) in [5.41, 5.74) is 3.51. The molecule has 0 atom stereocenters. The highest BCUT2D eigenvalue weighted by Gasteiger charge is 2.10. The zero-order valence-electron chi connectivity index (χ0n) is 14.8. The Kier molecular flexibility index (Phi) is 6.10. The minimum atomic E-state index is -0.591. The molecule has 0 N–H and O–H groups in total. The van der Waals surface area contributed by atoms with Gasteiger partial charge >= 0.3 is 5.97 Å². The van der Waals surface area contributed by atoms with Gasteiger partial charge in [0.15, 0.2) is 0 Å². The first-order valence-electron chi connectivity index (χ1n) is 8.56. The van der Waals surface area contributed by atoms with E-state index in [0.717, 1.165) is 16.7 Å². The standard InChI is InChI=1S/C24H19NO2/c1-19(17-18-20-11-5-2-6-12-20)24(26)27-25-23(21-13-7-3-8-14-21)22-15-9-4-10-16-22/h2-18H,1H2. The van der Waals surface area contributed by atoms with Crippen LogP contribution >= 0.6 is 0 Å². The van der Waals surface area contributed by atoms with E-state index in [1.54, 1.807) is 6.08 Å². The molecule has 27 heavy (non-hydrogen) atoms. The Morgan fingerprint density at radius 1 is 0.778 bits per heavy atom. The predicted molar refractivity (Wildman–Crippen MR) is 109 cm³/mol. The van der Waals surface area contributed by atoms with Crippen LogP contribution in [0.5, 0.6) is 0 Å². The summed E-state index contributed by atoms with van der Waals surface area (Å²) >= 11 is 0. The number of hydrogen-bond acceptors (Lipinski definition) is 3. The number of benzene rings is 3. The number of oxime groups is 1. The van der Waals surface area contributed by atoms with Gasteiger partial charge in [-0.25, -0.2) is 4.79 Å². The number of carbonyl (C=O) groups is 1. The smallest absolute Gasteiger partial charge is 0.312 e. The first kappa shape index (κ1) is 18.1. The highest BCUT2D eigenvalue weighted by Crippen LogP contribution is 2.12. The molecule has 0 spiro atoms. The van der Waals surface area contributed by atoms with Crippen LogP contribution in [0.25, 0.3) is 6.08 Å². The van der Waals surface area contributed by atoms with Crippen molar-refractivity contribution >= 4 is 17.8 Å². The fourth-order valence-electron chi connectivity index (χ4n) is 2.44. The van der Waals surface area contributed by atoms with Crippen LogP contribution in [-0.2, 0) is 9.63 Å². The molecule has 0 unspecified atom stereocenters. The summed E-state index contributed by atoms with van der Waals surface area (Å²) < 4.78 is 0. The Morgan fingerprint density at radius 3 is 1.78 bits per heavy atom. The molecule has 0 amide bonds. The first-order chi connectivity index (χ1) is 13.2. The highest BCUT2D eigenvalue weighted by atomic mass is 16.7. The van der Waals surface area contributed by atoms with Crippen molar-refractivity contribution in [1.29, 1.82) is 0 Å². The van der Waals surface area contributed by atoms with Gasteiger partial charge in [-0.3, -0.25) is 0 Å². The third-order valence-corrected chi connectivity index (χ3v) is 3.85. The molecule has 0 aliphatic carbocycles. The van der Waals surface area contributed by atoms with E-state index in [0.29, 0.717) is 5.71 Å². The van der Waals surface area contributed by atoms with Gasteiger partial charge in [0, 0.05) is 11.1 Å². The van der Waals surface area contributed by atoms with Gasteiger partial charge in [-0.2, -0.15) is 0 Å². The summed E-state index contributed by atoms with van der Waals surface area (Å²) in [4.78, 5) is 17.4. The van der Waals surface area contributed by atoms with Crippen LogP contribution in [0.15, 0.2) is 114 Å². The molecule has 0 heterocycles. The quantitative estimate of drug-likeness (QED) is 0.199. The van der Waals surface area contributed by atoms with Gasteiger partial charge < -0.3 is 4.84 Å². The molecule has 3 heteroatoms. The second-order valence-corrected chi connectivity index (χ2v) is 5.82. The number of hydrogen-bond donors (Lipinski definition) is 0. The van der Waals surface area contributed by atoms with Crippen LogP contribution in [0.4, 0.5) is 0 Å². The number of nitrogens with zero attached hydrogens (tertiary/aromatic N) is 1. The van der Waals surface area contributed by atoms with Crippen LogP contribution < -0.4 is 0 Å². The molecular formula is C24H19NO2. The van der Waals surface area contributed by atoms with Crippen molar-refractivity contribution in [3.63, 3.8) is 0 Å². The van der Waals surface area contributed by atoms with Crippen LogP contribution in [0.1, 0.15) is 16.7 Å². The van der Waals surface area contributed by atoms with Crippen molar-refractivity contribution in [1.82, 2.24) is 0 Å². The van der Waals surface area contributed by atoms with Crippen molar-refractivity contribution in [3.8, 4) is 0 Å². The fraction of sp³-hybridized carbons (Fsp3) is 0. The van der Waals surface area contributed by atoms with Gasteiger partial charge in [0.1, 0.15) is 5.71 Å². The molecule has 0 bridgehead atoms. The molecular weight excluding hydrogens is 334 g/mol. The van der Waals surface area contributed by atoms with E-state index in [2.05, 4.69) is 11.7 Å². The fourth-order valence-corrected chi connectivity index (χ4v) is 2.44. The third-order valence-electron chi connectivity index (χ3n) is 3.85. The Labute approximate surface area is 158 Å². The van der Waals surface area contributed by atoms with Crippen LogP contribution in [0, 0.1) is 0 Å². The van der Waals surface area contributed by atoms with Gasteiger partial charge in [0.2, 0.25) is 0 Å². The van der Waals surface area contributed by atoms with Crippen LogP contribution in [0.3, 0.4) is 0 Å². The van der Waals surface area contributed by atoms with E-state index in [1.165, 1.54) is 0 Å². The predicted octanol–water partition coefficient (Wildman–Crippen LogP) is 5.25. The van der Waals surface area contributed by atoms with Gasteiger partial charge in [-0.1, -0.05) is 109 Å². The van der Waals surface area contributed by atoms with E-state index in [4.69, 9.17) is 4.84 Å². The van der Waals surface area contributed by atoms with E-state index in [9.17, 15) is 4.79 Å². The second kappa shape index (κ2) is 9.11. The summed E-state index contributed by atoms with van der Waals surface area (Å²) in [5.74, 6) is -0.591. The lowest BCUT2D eigenvalue weighted by molar-refractivity contribution is -0.138. The molecule has 0 aliphatic heterocycles. The van der Waals surface area contributed by atoms with Crippen molar-refractivity contribution in [2.75, 3.05) is 0 Å². The molecule has 0 fully saturated rings. The Bertz CT molecular complexity index is 918. The first-order valence-corrected chi connectivity index (χ1v) is 8.56. The van der Waals surface area contributed by atoms with Crippen molar-refractivity contribution in [3.05, 3.63) is 126 Å². The molecule has 3 aromatic carbocycles. The minimum Gasteiger partial charge on any atom is -0.312 e. The normalized spacial score (nSPS) is 10.4. The molecule has 0 aromatic heterocycles. The zero-order chi connectivity index (χ0) is 18.9. The van der Waals surface area contributed by atoms with E-state index in [-0.39, 0.29) is 5.57 Å². The largest absolute Gasteiger partial charge is 0.365 e. The van der Waals surface area contributed by atoms with Crippen LogP contribution in [0.2, 0.25) is 0 Å². The van der Waals surface area contributed by atoms with Gasteiger partial charge in [0.25, 0.3) is 0 Å². The lowest BCUT2D eigenvalue weighted by Crippen LogP contribution is -2.08. The number of rotatable bonds is 6. The van der Waals surface area contributed by atoms with Crippen molar-refractivity contribution in [2.45, 2.75) is 0 Å². The topological polar surface area (TPSA) is 38.7 Å². The maximum absolute atomic E-state index is 12.3. The molecule has 3 nitrogen and oxygen atoms in total. The van der Waals surface area contributed by atoms with E-state index >= 15 is 0 Å². The lowest BCUT2D eigenvalue weighted by Gasteiger charge is -2.06. The maximum Gasteiger partial charge on any atom is 0.365 e. The molecule has 0 saturated carbocycles. The average molecular weight is 353 g/mol. The Balaban J connectivity index is 1.77. The Morgan fingerprint density at radius 2 is 1.26 bits per heavy atom. The average Bonchev–Trinajstić information content (AvgIpc) is 2.74. The minimum absolute atomic E-state index is 0.225. The summed E-state index contributed by atoms with van der Waals surface area (Å²) in [6.07, 6.45) is 3.43. The molecule has 0 aliphatic rings. The maximum atomic E-state index is 12.3. The van der Waals surface area contributed by atoms with Gasteiger partial charge in [-0.15, -0.1) is 0 Å². The number of carbonyl (C=O) groups excluding carboxylic acids is 1. The highest BCUT2D eigenvalue weighted by molar-refractivity contribution is 6.12. The van der Waals surface area contributed by atoms with Crippen molar-refractivity contribution < 1.29 is 9.63 Å². The summed E-state index contributed by atoms with van der Waals surface area (Å²) in [6, 6.07) is 28.9. The molecule has 3 rings (SSSR count). The van der Waals surface area contributed by atoms with Crippen molar-refractivity contribution in [2.24, 2.45) is 5.16 Å². The van der Waals surface area contributed by atoms with Gasteiger partial charge in [0.05, 0.1) is 5.57 Å². The molecule has 0 radical (unpaired) electrons. The molecule has 132 valence electrons. The van der Waals surface area contributed by atoms with Crippen LogP contribution in [-0.4, -0.2) is 11.7 Å². The lowest BCUT2D eigenvalue weighted by atomic mass is 10.0. The molecule has 0 saturated heterocycles. The van der Waals surface area contributed by atoms with E-state index < -0.39 is 5.97 Å². The molecule has 3 aromatic rings. The summed E-state index contributed by atoms with van der Waals surface area (Å²) in [6.45, 7) is 3.76. The van der Waals surface area contributed by atoms with Gasteiger partial charge in [-0.05, 0) is 11.6 Å². The zero-order valence-corrected chi connectivity index (χ0v) is 14.8.